The van der Waals surface area contributed by atoms with E-state index in [0.717, 1.165) is 55.7 Å². The molecule has 5 rings (SSSR count). The van der Waals surface area contributed by atoms with Gasteiger partial charge in [-0.25, -0.2) is 0 Å². The monoisotopic (exact) mass is 366 g/mol. The predicted octanol–water partition coefficient (Wildman–Crippen LogP) is 4.13. The van der Waals surface area contributed by atoms with E-state index in [9.17, 15) is 10.3 Å². The Hall–Kier alpha value is -1.23. The molecule has 24 heavy (non-hydrogen) atoms. The normalized spacial score (nSPS) is 24.4. The molecule has 4 nitrogen and oxygen atoms in total. The van der Waals surface area contributed by atoms with E-state index >= 15 is 0 Å². The Morgan fingerprint density at radius 2 is 1.96 bits per heavy atom. The van der Waals surface area contributed by atoms with Crippen molar-refractivity contribution in [3.63, 3.8) is 0 Å². The van der Waals surface area contributed by atoms with Gasteiger partial charge in [0.15, 0.2) is 11.7 Å². The summed E-state index contributed by atoms with van der Waals surface area (Å²) in [5, 5.41) is -0.344. The number of carbonyl (C=O) groups excluding carboxylic acids is 1. The minimum atomic E-state index is -0.344. The lowest BCUT2D eigenvalue weighted by molar-refractivity contribution is -0.567. The number of allylic oxidation sites excluding steroid dienone is 1. The number of piperidine rings is 1. The van der Waals surface area contributed by atoms with E-state index in [2.05, 4.69) is 0 Å². The van der Waals surface area contributed by atoms with Gasteiger partial charge in [0.1, 0.15) is 0 Å². The highest BCUT2D eigenvalue weighted by molar-refractivity contribution is 6.63. The first kappa shape index (κ1) is 17.6. The fourth-order valence-corrected chi connectivity index (χ4v) is 4.42. The molecule has 0 radical (unpaired) electrons. The van der Waals surface area contributed by atoms with E-state index in [1.165, 1.54) is 10.3 Å². The third kappa shape index (κ3) is 2.92. The lowest BCUT2D eigenvalue weighted by Crippen LogP contribution is -2.49. The van der Waals surface area contributed by atoms with Crippen molar-refractivity contribution in [2.24, 2.45) is 5.41 Å². The Morgan fingerprint density at radius 1 is 1.29 bits per heavy atom. The summed E-state index contributed by atoms with van der Waals surface area (Å²) in [6.45, 7) is 1.67. The molecule has 3 aliphatic heterocycles. The molecule has 1 spiro atoms. The van der Waals surface area contributed by atoms with Gasteiger partial charge >= 0.3 is 0 Å². The average molecular weight is 367 g/mol. The van der Waals surface area contributed by atoms with Crippen molar-refractivity contribution in [2.75, 3.05) is 13.2 Å². The molecule has 2 saturated heterocycles. The molecule has 0 aromatic heterocycles. The Balaban J connectivity index is 0.00000169. The molecule has 1 aromatic rings. The van der Waals surface area contributed by atoms with Gasteiger partial charge < -0.3 is 10.3 Å². The van der Waals surface area contributed by atoms with Crippen molar-refractivity contribution < 1.29 is 14.2 Å². The van der Waals surface area contributed by atoms with Crippen LogP contribution in [0, 0.1) is 5.41 Å². The van der Waals surface area contributed by atoms with Crippen LogP contribution in [0.4, 0.5) is 0 Å². The molecule has 0 amide bonds. The van der Waals surface area contributed by atoms with E-state index in [-0.39, 0.29) is 30.1 Å². The SMILES string of the molecule is Cl.[N-]=[N+]1C2=C(c3ccc(CC(=O)Cl)cc3)C1CC1(CCOCC1)C2. The van der Waals surface area contributed by atoms with Gasteiger partial charge in [0.05, 0.1) is 5.57 Å². The van der Waals surface area contributed by atoms with Crippen LogP contribution >= 0.6 is 24.0 Å². The van der Waals surface area contributed by atoms with Gasteiger partial charge in [0.2, 0.25) is 5.24 Å². The molecule has 0 saturated carbocycles. The highest BCUT2D eigenvalue weighted by Gasteiger charge is 2.54. The van der Waals surface area contributed by atoms with Gasteiger partial charge in [-0.15, -0.1) is 12.4 Å². The van der Waals surface area contributed by atoms with Crippen LogP contribution in [0.25, 0.3) is 11.1 Å². The topological polar surface area (TPSA) is 51.6 Å². The summed E-state index contributed by atoms with van der Waals surface area (Å²) in [6.07, 6.45) is 4.36. The molecule has 2 bridgehead atoms. The number of benzene rings is 1. The van der Waals surface area contributed by atoms with Crippen LogP contribution in [-0.2, 0) is 16.0 Å². The molecule has 4 aliphatic rings. The maximum Gasteiger partial charge on any atom is 0.226 e. The average Bonchev–Trinajstić information content (AvgIpc) is 2.55. The fourth-order valence-electron chi connectivity index (χ4n) is 4.27. The maximum absolute atomic E-state index is 11.0. The fraction of sp³-hybridized carbons (Fsp3) is 0.500. The first-order valence-corrected chi connectivity index (χ1v) is 8.52. The number of nitrogens with zero attached hydrogens (tertiary/aromatic N) is 2. The lowest BCUT2D eigenvalue weighted by Gasteiger charge is -2.49. The first-order chi connectivity index (χ1) is 11.1. The largest absolute Gasteiger partial charge is 0.500 e. The van der Waals surface area contributed by atoms with Gasteiger partial charge in [0.25, 0.3) is 0 Å². The van der Waals surface area contributed by atoms with Crippen molar-refractivity contribution in [2.45, 2.75) is 38.1 Å². The minimum Gasteiger partial charge on any atom is -0.500 e. The van der Waals surface area contributed by atoms with Crippen molar-refractivity contribution in [1.82, 2.24) is 0 Å². The third-order valence-corrected chi connectivity index (χ3v) is 5.68. The quantitative estimate of drug-likeness (QED) is 0.596. The summed E-state index contributed by atoms with van der Waals surface area (Å²) in [6, 6.07) is 8.06. The van der Waals surface area contributed by atoms with Crippen molar-refractivity contribution in [1.29, 1.82) is 0 Å². The van der Waals surface area contributed by atoms with Gasteiger partial charge in [-0.3, -0.25) is 9.49 Å². The number of hydrogen-bond acceptors (Lipinski definition) is 2. The van der Waals surface area contributed by atoms with Gasteiger partial charge in [0, 0.05) is 32.5 Å². The van der Waals surface area contributed by atoms with Gasteiger partial charge in [-0.05, 0) is 41.0 Å². The van der Waals surface area contributed by atoms with Crippen LogP contribution in [0.5, 0.6) is 0 Å². The zero-order valence-corrected chi connectivity index (χ0v) is 14.9. The summed E-state index contributed by atoms with van der Waals surface area (Å²) in [4.78, 5) is 11.0. The Bertz CT molecular complexity index is 706. The minimum absolute atomic E-state index is 0. The highest BCUT2D eigenvalue weighted by atomic mass is 35.5. The summed E-state index contributed by atoms with van der Waals surface area (Å²) < 4.78 is 6.95. The lowest BCUT2D eigenvalue weighted by atomic mass is 9.62. The van der Waals surface area contributed by atoms with Crippen molar-refractivity contribution >= 4 is 34.8 Å². The van der Waals surface area contributed by atoms with Crippen LogP contribution < -0.4 is 0 Å². The summed E-state index contributed by atoms with van der Waals surface area (Å²) in [5.74, 6) is 0. The molecule has 128 valence electrons. The number of hydrogen-bond donors (Lipinski definition) is 0. The Kier molecular flexibility index (Phi) is 4.82. The van der Waals surface area contributed by atoms with Crippen LogP contribution in [-0.4, -0.2) is 29.2 Å². The number of ether oxygens (including phenoxy) is 1. The molecule has 2 fully saturated rings. The summed E-state index contributed by atoms with van der Waals surface area (Å²) >= 11 is 5.43. The molecular weight excluding hydrogens is 347 g/mol. The zero-order chi connectivity index (χ0) is 16.0. The molecule has 1 unspecified atom stereocenters. The van der Waals surface area contributed by atoms with E-state index in [1.54, 1.807) is 0 Å². The van der Waals surface area contributed by atoms with Crippen molar-refractivity contribution in [3.8, 4) is 0 Å². The molecule has 6 heteroatoms. The smallest absolute Gasteiger partial charge is 0.226 e. The van der Waals surface area contributed by atoms with Crippen LogP contribution in [0.1, 0.15) is 36.8 Å². The third-order valence-electron chi connectivity index (χ3n) is 5.55. The van der Waals surface area contributed by atoms with E-state index in [1.807, 2.05) is 24.3 Å². The molecule has 3 heterocycles. The second-order valence-corrected chi connectivity index (χ2v) is 7.36. The highest BCUT2D eigenvalue weighted by Crippen LogP contribution is 2.55. The number of carbonyl (C=O) groups is 1. The first-order valence-electron chi connectivity index (χ1n) is 8.15. The molecule has 1 atom stereocenters. The maximum atomic E-state index is 11.0. The second-order valence-electron chi connectivity index (χ2n) is 6.94. The summed E-state index contributed by atoms with van der Waals surface area (Å²) in [5.41, 5.74) is 14.9. The van der Waals surface area contributed by atoms with E-state index < -0.39 is 0 Å². The summed E-state index contributed by atoms with van der Waals surface area (Å²) in [7, 11) is 0. The van der Waals surface area contributed by atoms with Crippen LogP contribution in [0.15, 0.2) is 30.0 Å². The predicted molar refractivity (Wildman–Crippen MR) is 94.3 cm³/mol. The number of rotatable bonds is 3. The van der Waals surface area contributed by atoms with Crippen molar-refractivity contribution in [3.05, 3.63) is 46.6 Å². The van der Waals surface area contributed by atoms with E-state index in [4.69, 9.17) is 16.3 Å². The molecule has 1 aliphatic carbocycles. The van der Waals surface area contributed by atoms with E-state index in [0.29, 0.717) is 5.41 Å². The molecule has 1 aromatic carbocycles. The molecular formula is C18H20Cl2N2O2. The van der Waals surface area contributed by atoms with Crippen LogP contribution in [0.3, 0.4) is 0 Å². The Labute approximate surface area is 152 Å². The standard InChI is InChI=1S/C18H19ClN2O2.ClH/c19-16(22)9-12-1-3-13(4-2-12)17-14-10-18(5-7-23-8-6-18)11-15(17)21(14)20;/h1-4,14H,5-11H2;1H. The number of halogens is 2. The van der Waals surface area contributed by atoms with Gasteiger partial charge in [-0.2, -0.15) is 0 Å². The second kappa shape index (κ2) is 6.58. The Morgan fingerprint density at radius 3 is 2.50 bits per heavy atom. The zero-order valence-electron chi connectivity index (χ0n) is 13.3. The molecule has 0 N–H and O–H groups in total. The van der Waals surface area contributed by atoms with Crippen LogP contribution in [0.2, 0.25) is 0 Å². The van der Waals surface area contributed by atoms with Gasteiger partial charge in [-0.1, -0.05) is 24.3 Å².